The summed E-state index contributed by atoms with van der Waals surface area (Å²) in [5, 5.41) is 9.47. The van der Waals surface area contributed by atoms with Crippen molar-refractivity contribution in [1.82, 2.24) is 0 Å². The Bertz CT molecular complexity index is 284. The smallest absolute Gasteiger partial charge is 0.0626 e. The van der Waals surface area contributed by atoms with Gasteiger partial charge in [0.1, 0.15) is 0 Å². The van der Waals surface area contributed by atoms with Gasteiger partial charge >= 0.3 is 0 Å². The summed E-state index contributed by atoms with van der Waals surface area (Å²) in [4.78, 5) is 0. The first kappa shape index (κ1) is 8.76. The van der Waals surface area contributed by atoms with Gasteiger partial charge in [-0.3, -0.25) is 0 Å². The van der Waals surface area contributed by atoms with Crippen LogP contribution in [0.5, 0.6) is 0 Å². The molecule has 0 aliphatic rings. The van der Waals surface area contributed by atoms with Crippen LogP contribution in [0, 0.1) is 0 Å². The van der Waals surface area contributed by atoms with Gasteiger partial charge in [-0.05, 0) is 18.4 Å². The topological polar surface area (TPSA) is 20.2 Å². The summed E-state index contributed by atoms with van der Waals surface area (Å²) in [6.07, 6.45) is 1.74. The Morgan fingerprint density at radius 1 is 1.31 bits per heavy atom. The lowest BCUT2D eigenvalue weighted by molar-refractivity contribution is 0.183. The third kappa shape index (κ3) is 1.92. The average molecular weight is 179 g/mol. The molecule has 0 amide bonds. The zero-order valence-electron chi connectivity index (χ0n) is 9.38. The van der Waals surface area contributed by atoms with E-state index in [0.717, 1.165) is 18.4 Å². The SMILES string of the molecule is [2H]c1ccccc1C(CC)(CC)CO. The predicted octanol–water partition coefficient (Wildman–Crippen LogP) is 2.74. The second kappa shape index (κ2) is 4.43. The van der Waals surface area contributed by atoms with E-state index in [1.807, 2.05) is 18.2 Å². The molecule has 1 heteroatoms. The molecule has 0 radical (unpaired) electrons. The molecule has 1 N–H and O–H groups in total. The molecule has 0 saturated carbocycles. The Morgan fingerprint density at radius 2 is 2.00 bits per heavy atom. The van der Waals surface area contributed by atoms with E-state index in [4.69, 9.17) is 1.37 Å². The van der Waals surface area contributed by atoms with Crippen molar-refractivity contribution in [3.05, 3.63) is 35.9 Å². The summed E-state index contributed by atoms with van der Waals surface area (Å²) in [6.45, 7) is 4.24. The molecule has 1 nitrogen and oxygen atoms in total. The summed E-state index contributed by atoms with van der Waals surface area (Å²) in [6, 6.07) is 8.06. The van der Waals surface area contributed by atoms with Crippen LogP contribution in [0.3, 0.4) is 0 Å². The lowest BCUT2D eigenvalue weighted by Crippen LogP contribution is -2.28. The van der Waals surface area contributed by atoms with Crippen LogP contribution in [0.25, 0.3) is 0 Å². The minimum Gasteiger partial charge on any atom is -0.395 e. The fourth-order valence-corrected chi connectivity index (χ4v) is 1.66. The van der Waals surface area contributed by atoms with Crippen molar-refractivity contribution in [2.24, 2.45) is 0 Å². The summed E-state index contributed by atoms with van der Waals surface area (Å²) in [5.74, 6) is 0. The summed E-state index contributed by atoms with van der Waals surface area (Å²) in [7, 11) is 0. The third-order valence-corrected chi connectivity index (χ3v) is 2.94. The van der Waals surface area contributed by atoms with Gasteiger partial charge in [0.2, 0.25) is 0 Å². The van der Waals surface area contributed by atoms with Gasteiger partial charge in [-0.1, -0.05) is 44.2 Å². The maximum Gasteiger partial charge on any atom is 0.0626 e. The quantitative estimate of drug-likeness (QED) is 0.753. The van der Waals surface area contributed by atoms with Crippen LogP contribution in [-0.2, 0) is 5.41 Å². The molecule has 72 valence electrons. The van der Waals surface area contributed by atoms with E-state index < -0.39 is 0 Å². The van der Waals surface area contributed by atoms with Gasteiger partial charge in [-0.2, -0.15) is 0 Å². The first-order chi connectivity index (χ1) is 6.70. The number of hydrogen-bond donors (Lipinski definition) is 1. The zero-order chi connectivity index (χ0) is 10.6. The van der Waals surface area contributed by atoms with E-state index in [9.17, 15) is 5.11 Å². The maximum absolute atomic E-state index is 9.47. The lowest BCUT2D eigenvalue weighted by Gasteiger charge is -2.29. The van der Waals surface area contributed by atoms with Crippen molar-refractivity contribution in [2.45, 2.75) is 32.1 Å². The molecule has 0 fully saturated rings. The molecule has 0 aliphatic carbocycles. The highest BCUT2D eigenvalue weighted by Crippen LogP contribution is 2.30. The summed E-state index contributed by atoms with van der Waals surface area (Å²) in [5.41, 5.74) is 0.741. The standard InChI is InChI=1S/C12H18O/c1-3-12(4-2,10-13)11-8-6-5-7-9-11/h5-9,13H,3-4,10H2,1-2H3/i8D. The van der Waals surface area contributed by atoms with Crippen molar-refractivity contribution in [3.8, 4) is 0 Å². The molecule has 1 rings (SSSR count). The van der Waals surface area contributed by atoms with Crippen molar-refractivity contribution >= 4 is 0 Å². The van der Waals surface area contributed by atoms with Gasteiger partial charge in [-0.15, -0.1) is 0 Å². The third-order valence-electron chi connectivity index (χ3n) is 2.94. The highest BCUT2D eigenvalue weighted by molar-refractivity contribution is 5.25. The number of rotatable bonds is 4. The van der Waals surface area contributed by atoms with Crippen molar-refractivity contribution in [3.63, 3.8) is 0 Å². The Hall–Kier alpha value is -0.820. The van der Waals surface area contributed by atoms with Gasteiger partial charge in [0.15, 0.2) is 0 Å². The molecule has 0 aliphatic heterocycles. The van der Waals surface area contributed by atoms with E-state index in [1.54, 1.807) is 6.07 Å². The molecule has 0 spiro atoms. The Balaban J connectivity index is 3.17. The van der Waals surface area contributed by atoms with E-state index in [2.05, 4.69) is 13.8 Å². The molecule has 0 saturated heterocycles. The summed E-state index contributed by atoms with van der Waals surface area (Å²) < 4.78 is 7.83. The largest absolute Gasteiger partial charge is 0.395 e. The van der Waals surface area contributed by atoms with Crippen molar-refractivity contribution in [2.75, 3.05) is 6.61 Å². The molecular weight excluding hydrogens is 160 g/mol. The lowest BCUT2D eigenvalue weighted by atomic mass is 9.77. The molecule has 13 heavy (non-hydrogen) atoms. The Kier molecular flexibility index (Phi) is 2.98. The first-order valence-electron chi connectivity index (χ1n) is 5.37. The van der Waals surface area contributed by atoms with E-state index in [0.29, 0.717) is 6.04 Å². The highest BCUT2D eigenvalue weighted by Gasteiger charge is 2.26. The highest BCUT2D eigenvalue weighted by atomic mass is 16.3. The minimum absolute atomic E-state index is 0.121. The molecule has 1 aromatic carbocycles. The van der Waals surface area contributed by atoms with Gasteiger partial charge in [-0.25, -0.2) is 0 Å². The second-order valence-electron chi connectivity index (χ2n) is 3.42. The normalized spacial score (nSPS) is 12.7. The summed E-state index contributed by atoms with van der Waals surface area (Å²) >= 11 is 0. The molecule has 0 aromatic heterocycles. The van der Waals surface area contributed by atoms with Gasteiger partial charge in [0, 0.05) is 5.41 Å². The second-order valence-corrected chi connectivity index (χ2v) is 3.42. The van der Waals surface area contributed by atoms with Gasteiger partial charge in [0.05, 0.1) is 7.98 Å². The molecule has 1 aromatic rings. The van der Waals surface area contributed by atoms with Crippen LogP contribution >= 0.6 is 0 Å². The fourth-order valence-electron chi connectivity index (χ4n) is 1.66. The zero-order valence-corrected chi connectivity index (χ0v) is 8.38. The van der Waals surface area contributed by atoms with Crippen LogP contribution in [0.15, 0.2) is 30.3 Å². The predicted molar refractivity (Wildman–Crippen MR) is 55.8 cm³/mol. The molecule has 0 unspecified atom stereocenters. The maximum atomic E-state index is 9.47. The Labute approximate surface area is 81.8 Å². The number of hydrogen-bond acceptors (Lipinski definition) is 1. The number of benzene rings is 1. The van der Waals surface area contributed by atoms with Gasteiger partial charge < -0.3 is 5.11 Å². The van der Waals surface area contributed by atoms with Crippen LogP contribution in [0.1, 0.15) is 33.6 Å². The van der Waals surface area contributed by atoms with E-state index >= 15 is 0 Å². The number of aliphatic hydroxyl groups is 1. The van der Waals surface area contributed by atoms with Crippen molar-refractivity contribution in [1.29, 1.82) is 0 Å². The van der Waals surface area contributed by atoms with E-state index in [-0.39, 0.29) is 12.0 Å². The van der Waals surface area contributed by atoms with Crippen LogP contribution in [-0.4, -0.2) is 11.7 Å². The molecule has 0 heterocycles. The molecule has 0 atom stereocenters. The van der Waals surface area contributed by atoms with Crippen molar-refractivity contribution < 1.29 is 6.48 Å². The molecule has 0 bridgehead atoms. The fraction of sp³-hybridized carbons (Fsp3) is 0.500. The average Bonchev–Trinajstić information content (AvgIpc) is 2.24. The van der Waals surface area contributed by atoms with Crippen LogP contribution in [0.2, 0.25) is 0 Å². The van der Waals surface area contributed by atoms with Crippen LogP contribution < -0.4 is 0 Å². The minimum atomic E-state index is -0.224. The Morgan fingerprint density at radius 3 is 2.46 bits per heavy atom. The molecular formula is C12H18O. The monoisotopic (exact) mass is 179 g/mol. The van der Waals surface area contributed by atoms with E-state index in [1.165, 1.54) is 0 Å². The number of aliphatic hydroxyl groups excluding tert-OH is 1. The van der Waals surface area contributed by atoms with Gasteiger partial charge in [0.25, 0.3) is 0 Å². The van der Waals surface area contributed by atoms with Crippen LogP contribution in [0.4, 0.5) is 0 Å². The first-order valence-corrected chi connectivity index (χ1v) is 4.87.